The van der Waals surface area contributed by atoms with Crippen molar-refractivity contribution in [3.05, 3.63) is 53.2 Å². The molecule has 4 nitrogen and oxygen atoms in total. The zero-order valence-corrected chi connectivity index (χ0v) is 9.61. The minimum atomic E-state index is -0.237. The summed E-state index contributed by atoms with van der Waals surface area (Å²) in [6, 6.07) is 10.0. The molecule has 0 atom stereocenters. The summed E-state index contributed by atoms with van der Waals surface area (Å²) in [6.07, 6.45) is 1.50. The molecule has 0 fully saturated rings. The highest BCUT2D eigenvalue weighted by Gasteiger charge is 2.06. The van der Waals surface area contributed by atoms with Crippen LogP contribution in [-0.2, 0) is 0 Å². The molecule has 2 rings (SSSR count). The molecule has 5 heteroatoms. The van der Waals surface area contributed by atoms with E-state index in [9.17, 15) is 4.79 Å². The summed E-state index contributed by atoms with van der Waals surface area (Å²) >= 11 is 5.80. The van der Waals surface area contributed by atoms with Crippen molar-refractivity contribution in [2.45, 2.75) is 0 Å². The normalized spacial score (nSPS) is 9.94. The number of hydrogen-bond donors (Lipinski definition) is 2. The average Bonchev–Trinajstić information content (AvgIpc) is 2.32. The molecule has 0 aliphatic heterocycles. The van der Waals surface area contributed by atoms with E-state index < -0.39 is 0 Å². The number of carbonyl (C=O) groups is 1. The molecular weight excluding hydrogens is 238 g/mol. The van der Waals surface area contributed by atoms with Gasteiger partial charge in [-0.1, -0.05) is 17.7 Å². The second-order valence-corrected chi connectivity index (χ2v) is 3.87. The Kier molecular flexibility index (Phi) is 3.25. The van der Waals surface area contributed by atoms with Gasteiger partial charge >= 0.3 is 0 Å². The number of nitrogens with two attached hydrogens (primary N) is 1. The number of nitrogens with zero attached hydrogens (tertiary/aromatic N) is 1. The summed E-state index contributed by atoms with van der Waals surface area (Å²) < 4.78 is 0. The van der Waals surface area contributed by atoms with Crippen LogP contribution in [0.5, 0.6) is 0 Å². The molecule has 1 aromatic heterocycles. The number of rotatable bonds is 2. The monoisotopic (exact) mass is 247 g/mol. The van der Waals surface area contributed by atoms with Crippen LogP contribution in [0.25, 0.3) is 0 Å². The highest BCUT2D eigenvalue weighted by atomic mass is 35.5. The van der Waals surface area contributed by atoms with Crippen molar-refractivity contribution in [1.29, 1.82) is 0 Å². The van der Waals surface area contributed by atoms with E-state index in [-0.39, 0.29) is 5.91 Å². The predicted octanol–water partition coefficient (Wildman–Crippen LogP) is 2.57. The molecule has 17 heavy (non-hydrogen) atoms. The van der Waals surface area contributed by atoms with Crippen molar-refractivity contribution in [3.8, 4) is 0 Å². The first-order valence-corrected chi connectivity index (χ1v) is 5.31. The molecule has 0 bridgehead atoms. The quantitative estimate of drug-likeness (QED) is 0.857. The van der Waals surface area contributed by atoms with Crippen molar-refractivity contribution < 1.29 is 4.79 Å². The summed E-state index contributed by atoms with van der Waals surface area (Å²) in [7, 11) is 0. The lowest BCUT2D eigenvalue weighted by molar-refractivity contribution is 0.102. The molecule has 0 saturated heterocycles. The fourth-order valence-electron chi connectivity index (χ4n) is 1.31. The van der Waals surface area contributed by atoms with Crippen LogP contribution in [-0.4, -0.2) is 10.9 Å². The third kappa shape index (κ3) is 2.95. The van der Waals surface area contributed by atoms with Crippen molar-refractivity contribution in [2.75, 3.05) is 11.1 Å². The molecule has 3 N–H and O–H groups in total. The van der Waals surface area contributed by atoms with Gasteiger partial charge in [-0.15, -0.1) is 0 Å². The van der Waals surface area contributed by atoms with Gasteiger partial charge in [-0.25, -0.2) is 4.98 Å². The Balaban J connectivity index is 2.14. The lowest BCUT2D eigenvalue weighted by Crippen LogP contribution is -2.12. The number of nitrogen functional groups attached to an aromatic ring is 1. The van der Waals surface area contributed by atoms with Crippen molar-refractivity contribution in [3.63, 3.8) is 0 Å². The molecule has 0 saturated carbocycles. The highest BCUT2D eigenvalue weighted by Crippen LogP contribution is 2.13. The standard InChI is InChI=1S/C12H10ClN3O/c13-9-3-1-2-8(6-9)12(17)16-10-4-5-11(14)15-7-10/h1-7H,(H2,14,15)(H,16,17). The van der Waals surface area contributed by atoms with E-state index in [4.69, 9.17) is 17.3 Å². The molecule has 1 amide bonds. The number of pyridine rings is 1. The number of halogens is 1. The van der Waals surface area contributed by atoms with E-state index in [2.05, 4.69) is 10.3 Å². The van der Waals surface area contributed by atoms with Crippen LogP contribution in [0.15, 0.2) is 42.6 Å². The molecule has 86 valence electrons. The van der Waals surface area contributed by atoms with Gasteiger partial charge in [0.15, 0.2) is 0 Å². The minimum absolute atomic E-state index is 0.237. The van der Waals surface area contributed by atoms with E-state index in [0.29, 0.717) is 22.1 Å². The average molecular weight is 248 g/mol. The van der Waals surface area contributed by atoms with Crippen molar-refractivity contribution >= 4 is 29.0 Å². The summed E-state index contributed by atoms with van der Waals surface area (Å²) in [5.74, 6) is 0.171. The largest absolute Gasteiger partial charge is 0.384 e. The number of benzene rings is 1. The topological polar surface area (TPSA) is 68.0 Å². The van der Waals surface area contributed by atoms with Gasteiger partial charge < -0.3 is 11.1 Å². The molecule has 1 heterocycles. The number of aromatic nitrogens is 1. The van der Waals surface area contributed by atoms with E-state index in [0.717, 1.165) is 0 Å². The van der Waals surface area contributed by atoms with Gasteiger partial charge in [0.2, 0.25) is 0 Å². The first-order chi connectivity index (χ1) is 8.15. The molecular formula is C12H10ClN3O. The summed E-state index contributed by atoms with van der Waals surface area (Å²) in [5.41, 5.74) is 6.53. The first-order valence-electron chi connectivity index (χ1n) is 4.93. The minimum Gasteiger partial charge on any atom is -0.384 e. The third-order valence-corrected chi connectivity index (χ3v) is 2.37. The van der Waals surface area contributed by atoms with E-state index in [1.165, 1.54) is 6.20 Å². The number of anilines is 2. The lowest BCUT2D eigenvalue weighted by Gasteiger charge is -2.05. The number of amides is 1. The van der Waals surface area contributed by atoms with E-state index >= 15 is 0 Å². The maximum absolute atomic E-state index is 11.8. The molecule has 0 aliphatic rings. The molecule has 1 aromatic carbocycles. The smallest absolute Gasteiger partial charge is 0.255 e. The maximum Gasteiger partial charge on any atom is 0.255 e. The first kappa shape index (κ1) is 11.4. The van der Waals surface area contributed by atoms with Crippen molar-refractivity contribution in [2.24, 2.45) is 0 Å². The molecule has 2 aromatic rings. The van der Waals surface area contributed by atoms with Gasteiger partial charge in [-0.2, -0.15) is 0 Å². The Hall–Kier alpha value is -2.07. The summed E-state index contributed by atoms with van der Waals surface area (Å²) in [4.78, 5) is 15.7. The van der Waals surface area contributed by atoms with Gasteiger partial charge in [0.1, 0.15) is 5.82 Å². The zero-order chi connectivity index (χ0) is 12.3. The predicted molar refractivity (Wildman–Crippen MR) is 68.1 cm³/mol. The van der Waals surface area contributed by atoms with Crippen LogP contribution >= 0.6 is 11.6 Å². The van der Waals surface area contributed by atoms with Crippen LogP contribution in [0.2, 0.25) is 5.02 Å². The Morgan fingerprint density at radius 2 is 2.12 bits per heavy atom. The van der Waals surface area contributed by atoms with Crippen LogP contribution in [0, 0.1) is 0 Å². The van der Waals surface area contributed by atoms with Gasteiger partial charge in [0.25, 0.3) is 5.91 Å². The Morgan fingerprint density at radius 3 is 2.76 bits per heavy atom. The summed E-state index contributed by atoms with van der Waals surface area (Å²) in [5, 5.41) is 3.22. The maximum atomic E-state index is 11.8. The van der Waals surface area contributed by atoms with Crippen LogP contribution in [0.4, 0.5) is 11.5 Å². The number of nitrogens with one attached hydrogen (secondary N) is 1. The zero-order valence-electron chi connectivity index (χ0n) is 8.85. The molecule has 0 spiro atoms. The molecule has 0 aliphatic carbocycles. The molecule has 0 unspecified atom stereocenters. The van der Waals surface area contributed by atoms with Gasteiger partial charge in [-0.05, 0) is 30.3 Å². The van der Waals surface area contributed by atoms with Gasteiger partial charge in [0, 0.05) is 10.6 Å². The fourth-order valence-corrected chi connectivity index (χ4v) is 1.50. The molecule has 0 radical (unpaired) electrons. The van der Waals surface area contributed by atoms with Gasteiger partial charge in [-0.3, -0.25) is 4.79 Å². The lowest BCUT2D eigenvalue weighted by atomic mass is 10.2. The van der Waals surface area contributed by atoms with Crippen LogP contribution in [0.1, 0.15) is 10.4 Å². The second kappa shape index (κ2) is 4.84. The third-order valence-electron chi connectivity index (χ3n) is 2.13. The SMILES string of the molecule is Nc1ccc(NC(=O)c2cccc(Cl)c2)cn1. The van der Waals surface area contributed by atoms with Crippen molar-refractivity contribution in [1.82, 2.24) is 4.98 Å². The van der Waals surface area contributed by atoms with Crippen LogP contribution < -0.4 is 11.1 Å². The van der Waals surface area contributed by atoms with E-state index in [1.54, 1.807) is 36.4 Å². The Morgan fingerprint density at radius 1 is 1.29 bits per heavy atom. The number of hydrogen-bond acceptors (Lipinski definition) is 3. The Bertz CT molecular complexity index is 540. The van der Waals surface area contributed by atoms with E-state index in [1.807, 2.05) is 0 Å². The summed E-state index contributed by atoms with van der Waals surface area (Å²) in [6.45, 7) is 0. The van der Waals surface area contributed by atoms with Gasteiger partial charge in [0.05, 0.1) is 11.9 Å². The fraction of sp³-hybridized carbons (Fsp3) is 0. The highest BCUT2D eigenvalue weighted by molar-refractivity contribution is 6.31. The second-order valence-electron chi connectivity index (χ2n) is 3.44. The Labute approximate surface area is 103 Å². The number of carbonyl (C=O) groups excluding carboxylic acids is 1. The van der Waals surface area contributed by atoms with Crippen LogP contribution in [0.3, 0.4) is 0 Å².